The molecule has 1 atom stereocenters. The lowest BCUT2D eigenvalue weighted by Crippen LogP contribution is -2.29. The summed E-state index contributed by atoms with van der Waals surface area (Å²) in [7, 11) is 0. The first-order valence-corrected chi connectivity index (χ1v) is 7.77. The zero-order chi connectivity index (χ0) is 15.6. The summed E-state index contributed by atoms with van der Waals surface area (Å²) in [6.45, 7) is 9.45. The fourth-order valence-corrected chi connectivity index (χ4v) is 2.55. The van der Waals surface area contributed by atoms with Gasteiger partial charge in [0.05, 0.1) is 11.1 Å². The van der Waals surface area contributed by atoms with Gasteiger partial charge in [0.1, 0.15) is 17.9 Å². The molecule has 0 radical (unpaired) electrons. The summed E-state index contributed by atoms with van der Waals surface area (Å²) in [6, 6.07) is 0. The average Bonchev–Trinajstić information content (AvgIpc) is 2.95. The number of nitrogens with zero attached hydrogens (tertiary/aromatic N) is 4. The van der Waals surface area contributed by atoms with Gasteiger partial charge in [0.25, 0.3) is 0 Å². The van der Waals surface area contributed by atoms with E-state index in [1.807, 2.05) is 36.9 Å². The molecule has 7 heteroatoms. The van der Waals surface area contributed by atoms with Gasteiger partial charge in [0.15, 0.2) is 5.65 Å². The standard InChI is InChI=1S/C14H22ClN5O/c1-5-7-16-11(21)8-19-13(9(3)15)17-12-10(4)18-20(6-2)14(12)19/h9H,5-8H2,1-4H3,(H,16,21). The lowest BCUT2D eigenvalue weighted by molar-refractivity contribution is -0.121. The summed E-state index contributed by atoms with van der Waals surface area (Å²) >= 11 is 6.23. The van der Waals surface area contributed by atoms with Crippen LogP contribution >= 0.6 is 11.6 Å². The number of fused-ring (bicyclic) bond motifs is 1. The summed E-state index contributed by atoms with van der Waals surface area (Å²) in [5, 5.41) is 7.08. The Morgan fingerprint density at radius 1 is 1.43 bits per heavy atom. The third-order valence-electron chi connectivity index (χ3n) is 3.36. The van der Waals surface area contributed by atoms with Crippen molar-refractivity contribution in [2.75, 3.05) is 6.54 Å². The summed E-state index contributed by atoms with van der Waals surface area (Å²) in [6.07, 6.45) is 0.913. The Morgan fingerprint density at radius 3 is 2.71 bits per heavy atom. The Bertz CT molecular complexity index is 643. The van der Waals surface area contributed by atoms with E-state index in [2.05, 4.69) is 15.4 Å². The number of aromatic nitrogens is 4. The molecule has 2 heterocycles. The predicted octanol–water partition coefficient (Wildman–Crippen LogP) is 2.39. The van der Waals surface area contributed by atoms with Crippen LogP contribution in [0.15, 0.2) is 0 Å². The molecule has 0 aromatic carbocycles. The number of hydrogen-bond acceptors (Lipinski definition) is 3. The molecule has 2 aromatic heterocycles. The Balaban J connectivity index is 2.47. The Kier molecular flexibility index (Phi) is 4.88. The van der Waals surface area contributed by atoms with Gasteiger partial charge in [-0.25, -0.2) is 9.67 Å². The van der Waals surface area contributed by atoms with E-state index in [1.165, 1.54) is 0 Å². The maximum atomic E-state index is 12.1. The van der Waals surface area contributed by atoms with Crippen LogP contribution in [0.2, 0.25) is 0 Å². The van der Waals surface area contributed by atoms with Crippen LogP contribution < -0.4 is 5.32 Å². The highest BCUT2D eigenvalue weighted by Crippen LogP contribution is 2.26. The average molecular weight is 312 g/mol. The van der Waals surface area contributed by atoms with E-state index in [0.29, 0.717) is 12.4 Å². The zero-order valence-electron chi connectivity index (χ0n) is 13.0. The van der Waals surface area contributed by atoms with Gasteiger partial charge in [-0.3, -0.25) is 4.79 Å². The van der Waals surface area contributed by atoms with Crippen molar-refractivity contribution in [3.8, 4) is 0 Å². The lowest BCUT2D eigenvalue weighted by atomic mass is 10.4. The highest BCUT2D eigenvalue weighted by Gasteiger charge is 2.22. The molecule has 2 aromatic rings. The molecule has 1 unspecified atom stereocenters. The molecule has 0 saturated carbocycles. The van der Waals surface area contributed by atoms with Gasteiger partial charge in [-0.2, -0.15) is 5.10 Å². The van der Waals surface area contributed by atoms with Crippen LogP contribution in [0.4, 0.5) is 0 Å². The van der Waals surface area contributed by atoms with Gasteiger partial charge in [-0.1, -0.05) is 6.92 Å². The molecule has 116 valence electrons. The summed E-state index contributed by atoms with van der Waals surface area (Å²) in [4.78, 5) is 16.6. The van der Waals surface area contributed by atoms with Crippen LogP contribution in [0, 0.1) is 6.92 Å². The maximum absolute atomic E-state index is 12.1. The number of carbonyl (C=O) groups is 1. The van der Waals surface area contributed by atoms with Crippen LogP contribution in [-0.4, -0.2) is 31.8 Å². The van der Waals surface area contributed by atoms with Crippen molar-refractivity contribution < 1.29 is 4.79 Å². The van der Waals surface area contributed by atoms with Gasteiger partial charge in [0, 0.05) is 13.1 Å². The molecule has 1 N–H and O–H groups in total. The van der Waals surface area contributed by atoms with Crippen LogP contribution in [0.5, 0.6) is 0 Å². The van der Waals surface area contributed by atoms with Crippen molar-refractivity contribution in [3.63, 3.8) is 0 Å². The van der Waals surface area contributed by atoms with Crippen molar-refractivity contribution in [2.24, 2.45) is 0 Å². The first-order valence-electron chi connectivity index (χ1n) is 7.33. The molecule has 0 bridgehead atoms. The highest BCUT2D eigenvalue weighted by molar-refractivity contribution is 6.20. The molecule has 0 aliphatic rings. The second-order valence-corrected chi connectivity index (χ2v) is 5.75. The summed E-state index contributed by atoms with van der Waals surface area (Å²) < 4.78 is 3.75. The molecule has 0 aliphatic heterocycles. The number of halogens is 1. The minimum Gasteiger partial charge on any atom is -0.355 e. The quantitative estimate of drug-likeness (QED) is 0.833. The van der Waals surface area contributed by atoms with Crippen molar-refractivity contribution in [2.45, 2.75) is 52.6 Å². The molecule has 0 fully saturated rings. The summed E-state index contributed by atoms with van der Waals surface area (Å²) in [5.41, 5.74) is 2.55. The molecule has 6 nitrogen and oxygen atoms in total. The molecule has 0 spiro atoms. The first kappa shape index (κ1) is 15.8. The van der Waals surface area contributed by atoms with E-state index >= 15 is 0 Å². The van der Waals surface area contributed by atoms with E-state index in [-0.39, 0.29) is 17.8 Å². The van der Waals surface area contributed by atoms with Crippen molar-refractivity contribution in [3.05, 3.63) is 11.5 Å². The number of imidazole rings is 1. The third kappa shape index (κ3) is 3.05. The fourth-order valence-electron chi connectivity index (χ4n) is 2.39. The highest BCUT2D eigenvalue weighted by atomic mass is 35.5. The molecule has 0 saturated heterocycles. The molecular weight excluding hydrogens is 290 g/mol. The third-order valence-corrected chi connectivity index (χ3v) is 3.55. The van der Waals surface area contributed by atoms with Crippen molar-refractivity contribution in [1.82, 2.24) is 24.6 Å². The van der Waals surface area contributed by atoms with Crippen molar-refractivity contribution in [1.29, 1.82) is 0 Å². The second kappa shape index (κ2) is 6.47. The maximum Gasteiger partial charge on any atom is 0.240 e. The first-order chi connectivity index (χ1) is 9.99. The van der Waals surface area contributed by atoms with E-state index < -0.39 is 0 Å². The number of amides is 1. The number of hydrogen-bond donors (Lipinski definition) is 1. The molecular formula is C14H22ClN5O. The van der Waals surface area contributed by atoms with Gasteiger partial charge in [0.2, 0.25) is 5.91 Å². The zero-order valence-corrected chi connectivity index (χ0v) is 13.7. The number of nitrogens with one attached hydrogen (secondary N) is 1. The Labute approximate surface area is 129 Å². The molecule has 21 heavy (non-hydrogen) atoms. The van der Waals surface area contributed by atoms with Gasteiger partial charge in [-0.15, -0.1) is 11.6 Å². The lowest BCUT2D eigenvalue weighted by Gasteiger charge is -2.11. The SMILES string of the molecule is CCCNC(=O)Cn1c(C(C)Cl)nc2c(C)nn(CC)c21. The van der Waals surface area contributed by atoms with Crippen LogP contribution in [0.25, 0.3) is 11.2 Å². The van der Waals surface area contributed by atoms with E-state index in [4.69, 9.17) is 11.6 Å². The van der Waals surface area contributed by atoms with E-state index in [0.717, 1.165) is 29.8 Å². The Hall–Kier alpha value is -1.56. The number of aryl methyl sites for hydroxylation is 2. The number of carbonyl (C=O) groups excluding carboxylic acids is 1. The van der Waals surface area contributed by atoms with E-state index in [1.54, 1.807) is 0 Å². The Morgan fingerprint density at radius 2 is 2.14 bits per heavy atom. The summed E-state index contributed by atoms with van der Waals surface area (Å²) in [5.74, 6) is 0.678. The fraction of sp³-hybridized carbons (Fsp3) is 0.643. The number of rotatable bonds is 6. The van der Waals surface area contributed by atoms with Gasteiger partial charge < -0.3 is 9.88 Å². The topological polar surface area (TPSA) is 64.7 Å². The minimum atomic E-state index is -0.263. The molecule has 1 amide bonds. The van der Waals surface area contributed by atoms with Gasteiger partial charge >= 0.3 is 0 Å². The normalized spacial score (nSPS) is 12.8. The van der Waals surface area contributed by atoms with Gasteiger partial charge in [-0.05, 0) is 27.2 Å². The molecule has 0 aliphatic carbocycles. The largest absolute Gasteiger partial charge is 0.355 e. The molecule has 2 rings (SSSR count). The van der Waals surface area contributed by atoms with Crippen molar-refractivity contribution >= 4 is 28.7 Å². The van der Waals surface area contributed by atoms with Crippen LogP contribution in [-0.2, 0) is 17.9 Å². The monoisotopic (exact) mass is 311 g/mol. The van der Waals surface area contributed by atoms with Crippen LogP contribution in [0.1, 0.15) is 44.1 Å². The second-order valence-electron chi connectivity index (χ2n) is 5.10. The smallest absolute Gasteiger partial charge is 0.240 e. The number of alkyl halides is 1. The van der Waals surface area contributed by atoms with E-state index in [9.17, 15) is 4.79 Å². The van der Waals surface area contributed by atoms with Crippen LogP contribution in [0.3, 0.4) is 0 Å². The minimum absolute atomic E-state index is 0.0313. The predicted molar refractivity (Wildman–Crippen MR) is 83.5 cm³/mol.